The topological polar surface area (TPSA) is 29.1 Å². The fourth-order valence-electron chi connectivity index (χ4n) is 1.11. The molecule has 0 aromatic rings. The van der Waals surface area contributed by atoms with E-state index in [0.717, 1.165) is 31.1 Å². The van der Waals surface area contributed by atoms with Crippen molar-refractivity contribution in [2.45, 2.75) is 46.5 Å². The highest BCUT2D eigenvalue weighted by Crippen LogP contribution is 2.19. The Morgan fingerprint density at radius 2 is 2.07 bits per heavy atom. The highest BCUT2D eigenvalue weighted by atomic mass is 79.9. The van der Waals surface area contributed by atoms with Crippen LogP contribution in [0.1, 0.15) is 46.5 Å². The summed E-state index contributed by atoms with van der Waals surface area (Å²) in [5.74, 6) is 0.189. The molecule has 0 spiro atoms. The molecule has 0 heterocycles. The second kappa shape index (κ2) is 7.27. The van der Waals surface area contributed by atoms with E-state index in [4.69, 9.17) is 0 Å². The third-order valence-corrected chi connectivity index (χ3v) is 2.69. The molecule has 0 aromatic carbocycles. The molecule has 0 bridgehead atoms. The number of halogens is 1. The molecule has 0 saturated heterocycles. The van der Waals surface area contributed by atoms with Crippen molar-refractivity contribution in [2.75, 3.05) is 11.9 Å². The monoisotopic (exact) mass is 263 g/mol. The lowest BCUT2D eigenvalue weighted by Gasteiger charge is -2.23. The maximum absolute atomic E-state index is 11.3. The zero-order valence-corrected chi connectivity index (χ0v) is 11.1. The van der Waals surface area contributed by atoms with Crippen molar-refractivity contribution in [1.82, 2.24) is 5.32 Å². The predicted molar refractivity (Wildman–Crippen MR) is 64.7 cm³/mol. The first kappa shape index (κ1) is 13.9. The van der Waals surface area contributed by atoms with E-state index < -0.39 is 0 Å². The number of hydrogen-bond acceptors (Lipinski definition) is 1. The fourth-order valence-corrected chi connectivity index (χ4v) is 2.18. The number of alkyl halides is 1. The Morgan fingerprint density at radius 1 is 1.43 bits per heavy atom. The molecular formula is C11H22BrNO. The highest BCUT2D eigenvalue weighted by molar-refractivity contribution is 9.09. The predicted octanol–water partition coefficient (Wildman–Crippen LogP) is 3.10. The molecule has 0 unspecified atom stereocenters. The SMILES string of the molecule is CCCCC(=O)NCC(C)(C)CCBr. The Hall–Kier alpha value is -0.0500. The van der Waals surface area contributed by atoms with Gasteiger partial charge in [0.2, 0.25) is 5.91 Å². The van der Waals surface area contributed by atoms with Crippen molar-refractivity contribution in [3.63, 3.8) is 0 Å². The molecular weight excluding hydrogens is 242 g/mol. The Kier molecular flexibility index (Phi) is 7.24. The zero-order valence-electron chi connectivity index (χ0n) is 9.53. The number of carbonyl (C=O) groups excluding carboxylic acids is 1. The minimum atomic E-state index is 0.189. The normalized spacial score (nSPS) is 11.4. The van der Waals surface area contributed by atoms with Gasteiger partial charge in [0.25, 0.3) is 0 Å². The van der Waals surface area contributed by atoms with Crippen LogP contribution in [-0.2, 0) is 4.79 Å². The number of carbonyl (C=O) groups is 1. The molecule has 1 amide bonds. The first-order chi connectivity index (χ1) is 6.52. The maximum atomic E-state index is 11.3. The van der Waals surface area contributed by atoms with Crippen LogP contribution in [0.3, 0.4) is 0 Å². The van der Waals surface area contributed by atoms with Crippen LogP contribution in [0.2, 0.25) is 0 Å². The zero-order chi connectivity index (χ0) is 11.0. The van der Waals surface area contributed by atoms with Crippen molar-refractivity contribution in [3.8, 4) is 0 Å². The number of nitrogens with one attached hydrogen (secondary N) is 1. The van der Waals surface area contributed by atoms with Crippen LogP contribution in [0, 0.1) is 5.41 Å². The minimum Gasteiger partial charge on any atom is -0.356 e. The van der Waals surface area contributed by atoms with Crippen molar-refractivity contribution in [1.29, 1.82) is 0 Å². The largest absolute Gasteiger partial charge is 0.356 e. The molecule has 0 aliphatic rings. The number of rotatable bonds is 7. The number of hydrogen-bond donors (Lipinski definition) is 1. The van der Waals surface area contributed by atoms with Crippen LogP contribution < -0.4 is 5.32 Å². The first-order valence-corrected chi connectivity index (χ1v) is 6.46. The fraction of sp³-hybridized carbons (Fsp3) is 0.909. The van der Waals surface area contributed by atoms with Crippen molar-refractivity contribution < 1.29 is 4.79 Å². The Bertz CT molecular complexity index is 169. The molecule has 0 aliphatic heterocycles. The lowest BCUT2D eigenvalue weighted by Crippen LogP contribution is -2.34. The molecule has 0 radical (unpaired) electrons. The van der Waals surface area contributed by atoms with Gasteiger partial charge in [-0.05, 0) is 18.3 Å². The van der Waals surface area contributed by atoms with E-state index in [1.807, 2.05) is 0 Å². The Labute approximate surface area is 96.0 Å². The van der Waals surface area contributed by atoms with Gasteiger partial charge in [-0.15, -0.1) is 0 Å². The lowest BCUT2D eigenvalue weighted by atomic mass is 9.90. The van der Waals surface area contributed by atoms with Gasteiger partial charge in [-0.2, -0.15) is 0 Å². The van der Waals surface area contributed by atoms with Gasteiger partial charge in [0.05, 0.1) is 0 Å². The van der Waals surface area contributed by atoms with Crippen molar-refractivity contribution in [3.05, 3.63) is 0 Å². The Balaban J connectivity index is 3.64. The van der Waals surface area contributed by atoms with Gasteiger partial charge in [-0.3, -0.25) is 4.79 Å². The van der Waals surface area contributed by atoms with Crippen molar-refractivity contribution in [2.24, 2.45) is 5.41 Å². The summed E-state index contributed by atoms with van der Waals surface area (Å²) in [4.78, 5) is 11.3. The smallest absolute Gasteiger partial charge is 0.220 e. The lowest BCUT2D eigenvalue weighted by molar-refractivity contribution is -0.121. The highest BCUT2D eigenvalue weighted by Gasteiger charge is 2.17. The molecule has 0 aromatic heterocycles. The van der Waals surface area contributed by atoms with Crippen LogP contribution in [0.25, 0.3) is 0 Å². The molecule has 0 saturated carbocycles. The van der Waals surface area contributed by atoms with E-state index >= 15 is 0 Å². The van der Waals surface area contributed by atoms with Crippen LogP contribution in [0.15, 0.2) is 0 Å². The summed E-state index contributed by atoms with van der Waals surface area (Å²) >= 11 is 3.42. The van der Waals surface area contributed by atoms with Crippen LogP contribution in [0.4, 0.5) is 0 Å². The standard InChI is InChI=1S/C11H22BrNO/c1-4-5-6-10(14)13-9-11(2,3)7-8-12/h4-9H2,1-3H3,(H,13,14). The third kappa shape index (κ3) is 7.36. The second-order valence-corrected chi connectivity index (χ2v) is 5.28. The van der Waals surface area contributed by atoms with Gasteiger partial charge < -0.3 is 5.32 Å². The van der Waals surface area contributed by atoms with Gasteiger partial charge in [0.1, 0.15) is 0 Å². The van der Waals surface area contributed by atoms with Gasteiger partial charge in [-0.1, -0.05) is 43.1 Å². The second-order valence-electron chi connectivity index (χ2n) is 4.48. The molecule has 0 fully saturated rings. The van der Waals surface area contributed by atoms with Crippen LogP contribution in [-0.4, -0.2) is 17.8 Å². The number of unbranched alkanes of at least 4 members (excludes halogenated alkanes) is 1. The van der Waals surface area contributed by atoms with Gasteiger partial charge in [0, 0.05) is 18.3 Å². The third-order valence-electron chi connectivity index (χ3n) is 2.29. The summed E-state index contributed by atoms with van der Waals surface area (Å²) in [6.07, 6.45) is 3.82. The molecule has 1 N–H and O–H groups in total. The maximum Gasteiger partial charge on any atom is 0.220 e. The average molecular weight is 264 g/mol. The van der Waals surface area contributed by atoms with Gasteiger partial charge in [0.15, 0.2) is 0 Å². The number of amides is 1. The molecule has 84 valence electrons. The average Bonchev–Trinajstić information content (AvgIpc) is 2.11. The molecule has 14 heavy (non-hydrogen) atoms. The summed E-state index contributed by atoms with van der Waals surface area (Å²) in [6.45, 7) is 7.23. The van der Waals surface area contributed by atoms with Crippen LogP contribution in [0.5, 0.6) is 0 Å². The quantitative estimate of drug-likeness (QED) is 0.703. The molecule has 3 heteroatoms. The summed E-state index contributed by atoms with van der Waals surface area (Å²) in [7, 11) is 0. The summed E-state index contributed by atoms with van der Waals surface area (Å²) in [6, 6.07) is 0. The van der Waals surface area contributed by atoms with E-state index in [1.165, 1.54) is 0 Å². The molecule has 0 rings (SSSR count). The summed E-state index contributed by atoms with van der Waals surface area (Å²) in [5, 5.41) is 3.97. The van der Waals surface area contributed by atoms with E-state index in [9.17, 15) is 4.79 Å². The van der Waals surface area contributed by atoms with Crippen LogP contribution >= 0.6 is 15.9 Å². The summed E-state index contributed by atoms with van der Waals surface area (Å²) in [5.41, 5.74) is 0.200. The van der Waals surface area contributed by atoms with E-state index in [0.29, 0.717) is 6.42 Å². The first-order valence-electron chi connectivity index (χ1n) is 5.34. The summed E-state index contributed by atoms with van der Waals surface area (Å²) < 4.78 is 0. The van der Waals surface area contributed by atoms with Gasteiger partial charge >= 0.3 is 0 Å². The molecule has 2 nitrogen and oxygen atoms in total. The van der Waals surface area contributed by atoms with E-state index in [2.05, 4.69) is 42.0 Å². The van der Waals surface area contributed by atoms with E-state index in [1.54, 1.807) is 0 Å². The molecule has 0 atom stereocenters. The Morgan fingerprint density at radius 3 is 2.57 bits per heavy atom. The van der Waals surface area contributed by atoms with Crippen molar-refractivity contribution >= 4 is 21.8 Å². The van der Waals surface area contributed by atoms with Gasteiger partial charge in [-0.25, -0.2) is 0 Å². The minimum absolute atomic E-state index is 0.189. The van der Waals surface area contributed by atoms with E-state index in [-0.39, 0.29) is 11.3 Å². The molecule has 0 aliphatic carbocycles.